The van der Waals surface area contributed by atoms with Crippen molar-refractivity contribution in [1.29, 1.82) is 0 Å². The molecule has 2 aliphatic rings. The molecule has 1 N–H and O–H groups in total. The number of thiophene rings is 1. The molecule has 0 unspecified atom stereocenters. The van der Waals surface area contributed by atoms with E-state index in [9.17, 15) is 9.59 Å². The Hall–Kier alpha value is -1.60. The number of aromatic nitrogens is 2. The number of aryl methyl sites for hydroxylation is 2. The van der Waals surface area contributed by atoms with Gasteiger partial charge in [-0.15, -0.1) is 17.9 Å². The number of rotatable bonds is 6. The van der Waals surface area contributed by atoms with Crippen LogP contribution >= 0.6 is 23.1 Å². The maximum absolute atomic E-state index is 13.6. The fourth-order valence-corrected chi connectivity index (χ4v) is 6.60. The van der Waals surface area contributed by atoms with E-state index in [0.29, 0.717) is 11.7 Å². The van der Waals surface area contributed by atoms with E-state index in [1.807, 2.05) is 11.5 Å². The molecular formula is C21H27N3O2S2. The van der Waals surface area contributed by atoms with Gasteiger partial charge in [0, 0.05) is 17.5 Å². The number of carbonyl (C=O) groups excluding carboxylic acids is 1. The summed E-state index contributed by atoms with van der Waals surface area (Å²) in [7, 11) is 0. The van der Waals surface area contributed by atoms with Gasteiger partial charge in [0.25, 0.3) is 5.56 Å². The molecule has 2 heterocycles. The van der Waals surface area contributed by atoms with Crippen LogP contribution in [-0.2, 0) is 17.6 Å². The van der Waals surface area contributed by atoms with Crippen LogP contribution in [0.3, 0.4) is 0 Å². The molecule has 0 radical (unpaired) electrons. The second kappa shape index (κ2) is 8.41. The fourth-order valence-electron chi connectivity index (χ4n) is 4.29. The quantitative estimate of drug-likeness (QED) is 0.434. The molecule has 0 aromatic carbocycles. The average molecular weight is 418 g/mol. The third-order valence-corrected chi connectivity index (χ3v) is 8.00. The van der Waals surface area contributed by atoms with Crippen molar-refractivity contribution in [3.05, 3.63) is 33.4 Å². The summed E-state index contributed by atoms with van der Waals surface area (Å²) in [6.07, 6.45) is 10.4. The van der Waals surface area contributed by atoms with Gasteiger partial charge < -0.3 is 5.32 Å². The second-order valence-electron chi connectivity index (χ2n) is 7.69. The zero-order chi connectivity index (χ0) is 19.7. The number of nitrogens with one attached hydrogen (secondary N) is 1. The van der Waals surface area contributed by atoms with E-state index in [1.165, 1.54) is 28.6 Å². The van der Waals surface area contributed by atoms with Crippen LogP contribution in [-0.4, -0.2) is 27.3 Å². The predicted molar refractivity (Wildman–Crippen MR) is 117 cm³/mol. The first-order valence-corrected chi connectivity index (χ1v) is 11.9. The van der Waals surface area contributed by atoms with E-state index in [-0.39, 0.29) is 22.8 Å². The maximum atomic E-state index is 13.6. The van der Waals surface area contributed by atoms with Gasteiger partial charge in [-0.3, -0.25) is 14.2 Å². The number of hydrogen-bond acceptors (Lipinski definition) is 5. The van der Waals surface area contributed by atoms with Gasteiger partial charge in [-0.25, -0.2) is 4.98 Å². The van der Waals surface area contributed by atoms with Crippen LogP contribution in [0.15, 0.2) is 22.6 Å². The zero-order valence-electron chi connectivity index (χ0n) is 16.3. The van der Waals surface area contributed by atoms with Gasteiger partial charge in [-0.1, -0.05) is 30.7 Å². The first-order chi connectivity index (χ1) is 13.6. The molecule has 7 heteroatoms. The Bertz CT molecular complexity index is 957. The van der Waals surface area contributed by atoms with Crippen LogP contribution in [0.25, 0.3) is 10.2 Å². The average Bonchev–Trinajstić information content (AvgIpc) is 3.33. The largest absolute Gasteiger partial charge is 0.352 e. The van der Waals surface area contributed by atoms with Crippen LogP contribution in [0.4, 0.5) is 0 Å². The first-order valence-electron chi connectivity index (χ1n) is 10.2. The molecule has 28 heavy (non-hydrogen) atoms. The van der Waals surface area contributed by atoms with Crippen molar-refractivity contribution >= 4 is 39.2 Å². The lowest BCUT2D eigenvalue weighted by Crippen LogP contribution is -2.32. The minimum Gasteiger partial charge on any atom is -0.352 e. The van der Waals surface area contributed by atoms with E-state index in [2.05, 4.69) is 11.9 Å². The maximum Gasteiger partial charge on any atom is 0.263 e. The highest BCUT2D eigenvalue weighted by molar-refractivity contribution is 8.00. The molecule has 1 saturated carbocycles. The Morgan fingerprint density at radius 1 is 1.36 bits per heavy atom. The monoisotopic (exact) mass is 417 g/mol. The van der Waals surface area contributed by atoms with Gasteiger partial charge in [0.2, 0.25) is 5.91 Å². The van der Waals surface area contributed by atoms with Gasteiger partial charge in [-0.05, 0) is 51.0 Å². The van der Waals surface area contributed by atoms with E-state index in [0.717, 1.165) is 55.2 Å². The summed E-state index contributed by atoms with van der Waals surface area (Å²) in [4.78, 5) is 33.1. The number of carbonyl (C=O) groups is 1. The van der Waals surface area contributed by atoms with E-state index in [1.54, 1.807) is 17.4 Å². The highest BCUT2D eigenvalue weighted by Gasteiger charge is 2.28. The van der Waals surface area contributed by atoms with Crippen molar-refractivity contribution in [2.75, 3.05) is 6.54 Å². The summed E-state index contributed by atoms with van der Waals surface area (Å²) >= 11 is 3.08. The standard InChI is InChI=1S/C21H27N3O2S2/c1-3-12-22-18(25)13(2)27-21-23-19-17(15-10-6-7-11-16(15)28-19)20(26)24(21)14-8-4-5-9-14/h3,13-14H,1,4-12H2,2H3,(H,22,25)/t13-/m1/s1. The first kappa shape index (κ1) is 19.7. The van der Waals surface area contributed by atoms with Gasteiger partial charge >= 0.3 is 0 Å². The topological polar surface area (TPSA) is 64.0 Å². The predicted octanol–water partition coefficient (Wildman–Crippen LogP) is 4.23. The molecule has 1 atom stereocenters. The smallest absolute Gasteiger partial charge is 0.263 e. The van der Waals surface area contributed by atoms with Crippen LogP contribution < -0.4 is 10.9 Å². The van der Waals surface area contributed by atoms with Crippen molar-refractivity contribution < 1.29 is 4.79 Å². The van der Waals surface area contributed by atoms with Crippen molar-refractivity contribution in [2.45, 2.75) is 74.7 Å². The number of nitrogens with zero attached hydrogens (tertiary/aromatic N) is 2. The number of fused-ring (bicyclic) bond motifs is 3. The minimum absolute atomic E-state index is 0.0531. The Morgan fingerprint density at radius 3 is 2.86 bits per heavy atom. The van der Waals surface area contributed by atoms with Gasteiger partial charge in [0.15, 0.2) is 5.16 Å². The molecular weight excluding hydrogens is 390 g/mol. The molecule has 0 bridgehead atoms. The molecule has 0 spiro atoms. The van der Waals surface area contributed by atoms with Crippen molar-refractivity contribution in [3.8, 4) is 0 Å². The third kappa shape index (κ3) is 3.66. The van der Waals surface area contributed by atoms with Gasteiger partial charge in [0.1, 0.15) is 4.83 Å². The van der Waals surface area contributed by atoms with Crippen LogP contribution in [0.2, 0.25) is 0 Å². The van der Waals surface area contributed by atoms with Gasteiger partial charge in [-0.2, -0.15) is 0 Å². The number of amides is 1. The second-order valence-corrected chi connectivity index (χ2v) is 10.1. The molecule has 4 rings (SSSR count). The van der Waals surface area contributed by atoms with Crippen molar-refractivity contribution in [2.24, 2.45) is 0 Å². The molecule has 5 nitrogen and oxygen atoms in total. The number of thioether (sulfide) groups is 1. The summed E-state index contributed by atoms with van der Waals surface area (Å²) in [6.45, 7) is 5.96. The summed E-state index contributed by atoms with van der Waals surface area (Å²) in [5.41, 5.74) is 1.35. The molecule has 0 aliphatic heterocycles. The van der Waals surface area contributed by atoms with E-state index in [4.69, 9.17) is 4.98 Å². The highest BCUT2D eigenvalue weighted by atomic mass is 32.2. The van der Waals surface area contributed by atoms with Crippen LogP contribution in [0.1, 0.15) is 61.9 Å². The molecule has 2 aliphatic carbocycles. The summed E-state index contributed by atoms with van der Waals surface area (Å²) < 4.78 is 1.92. The summed E-state index contributed by atoms with van der Waals surface area (Å²) in [5.74, 6) is -0.0531. The molecule has 2 aromatic heterocycles. The molecule has 1 amide bonds. The SMILES string of the molecule is C=CCNC(=O)[C@@H](C)Sc1nc2sc3c(c2c(=O)n1C1CCCC1)CCCC3. The van der Waals surface area contributed by atoms with Crippen LogP contribution in [0, 0.1) is 0 Å². The Labute approximate surface area is 173 Å². The Morgan fingerprint density at radius 2 is 2.11 bits per heavy atom. The van der Waals surface area contributed by atoms with Crippen LogP contribution in [0.5, 0.6) is 0 Å². The third-order valence-electron chi connectivity index (χ3n) is 5.75. The summed E-state index contributed by atoms with van der Waals surface area (Å²) in [5, 5.41) is 4.07. The Kier molecular flexibility index (Phi) is 5.92. The molecule has 150 valence electrons. The zero-order valence-corrected chi connectivity index (χ0v) is 18.0. The highest BCUT2D eigenvalue weighted by Crippen LogP contribution is 2.38. The minimum atomic E-state index is -0.313. The Balaban J connectivity index is 1.77. The summed E-state index contributed by atoms with van der Waals surface area (Å²) in [6, 6.07) is 0.203. The lowest BCUT2D eigenvalue weighted by molar-refractivity contribution is -0.120. The normalized spacial score (nSPS) is 18.2. The fraction of sp³-hybridized carbons (Fsp3) is 0.571. The van der Waals surface area contributed by atoms with Crippen molar-refractivity contribution in [3.63, 3.8) is 0 Å². The van der Waals surface area contributed by atoms with E-state index < -0.39 is 0 Å². The van der Waals surface area contributed by atoms with E-state index >= 15 is 0 Å². The molecule has 2 aromatic rings. The van der Waals surface area contributed by atoms with Crippen molar-refractivity contribution in [1.82, 2.24) is 14.9 Å². The lowest BCUT2D eigenvalue weighted by Gasteiger charge is -2.20. The van der Waals surface area contributed by atoms with Gasteiger partial charge in [0.05, 0.1) is 10.6 Å². The lowest BCUT2D eigenvalue weighted by atomic mass is 9.97. The number of hydrogen-bond donors (Lipinski definition) is 1. The molecule has 0 saturated heterocycles. The molecule has 1 fully saturated rings.